The molecule has 0 saturated heterocycles. The first kappa shape index (κ1) is 15.6. The monoisotopic (exact) mass is 356 g/mol. The van der Waals surface area contributed by atoms with Crippen molar-refractivity contribution < 1.29 is 9.53 Å². The molecule has 6 rings (SSSR count). The molecule has 4 bridgehead atoms. The van der Waals surface area contributed by atoms with E-state index in [1.807, 2.05) is 12.1 Å². The maximum absolute atomic E-state index is 13.2. The van der Waals surface area contributed by atoms with Gasteiger partial charge in [-0.1, -0.05) is 17.4 Å². The molecule has 132 valence electrons. The van der Waals surface area contributed by atoms with Crippen LogP contribution in [0.2, 0.25) is 0 Å². The quantitative estimate of drug-likeness (QED) is 0.862. The SMILES string of the molecule is COc1ccc(C)c2sc(NC(=O)C34CC5CC(CC(C5)C3)C4)nc12. The number of aromatic nitrogens is 1. The summed E-state index contributed by atoms with van der Waals surface area (Å²) in [7, 11) is 1.66. The zero-order chi connectivity index (χ0) is 17.2. The average molecular weight is 356 g/mol. The zero-order valence-corrected chi connectivity index (χ0v) is 15.6. The van der Waals surface area contributed by atoms with Crippen molar-refractivity contribution in [2.45, 2.75) is 45.4 Å². The molecule has 5 heteroatoms. The van der Waals surface area contributed by atoms with Gasteiger partial charge in [0.2, 0.25) is 5.91 Å². The van der Waals surface area contributed by atoms with Gasteiger partial charge in [-0.2, -0.15) is 0 Å². The molecule has 4 fully saturated rings. The van der Waals surface area contributed by atoms with Crippen LogP contribution >= 0.6 is 11.3 Å². The molecule has 1 N–H and O–H groups in total. The number of thiazole rings is 1. The molecule has 0 radical (unpaired) electrons. The highest BCUT2D eigenvalue weighted by atomic mass is 32.1. The van der Waals surface area contributed by atoms with Gasteiger partial charge in [-0.3, -0.25) is 4.79 Å². The first-order valence-electron chi connectivity index (χ1n) is 9.32. The van der Waals surface area contributed by atoms with Crippen molar-refractivity contribution in [1.82, 2.24) is 4.98 Å². The molecule has 25 heavy (non-hydrogen) atoms. The van der Waals surface area contributed by atoms with Gasteiger partial charge in [0.15, 0.2) is 5.13 Å². The summed E-state index contributed by atoms with van der Waals surface area (Å²) in [4.78, 5) is 17.9. The number of fused-ring (bicyclic) bond motifs is 1. The van der Waals surface area contributed by atoms with Crippen molar-refractivity contribution in [3.63, 3.8) is 0 Å². The predicted molar refractivity (Wildman–Crippen MR) is 100 cm³/mol. The van der Waals surface area contributed by atoms with Crippen LogP contribution in [0, 0.1) is 30.1 Å². The van der Waals surface area contributed by atoms with E-state index in [1.165, 1.54) is 24.8 Å². The number of carbonyl (C=O) groups excluding carboxylic acids is 1. The Kier molecular flexibility index (Phi) is 3.40. The molecule has 4 saturated carbocycles. The van der Waals surface area contributed by atoms with Crippen LogP contribution in [0.25, 0.3) is 10.2 Å². The first-order chi connectivity index (χ1) is 12.1. The fourth-order valence-corrected chi connectivity index (χ4v) is 6.89. The Hall–Kier alpha value is -1.62. The molecule has 1 aromatic heterocycles. The van der Waals surface area contributed by atoms with Crippen LogP contribution in [-0.4, -0.2) is 18.0 Å². The van der Waals surface area contributed by atoms with E-state index in [-0.39, 0.29) is 11.3 Å². The third-order valence-corrected chi connectivity index (χ3v) is 7.77. The van der Waals surface area contributed by atoms with Crippen molar-refractivity contribution in [2.24, 2.45) is 23.2 Å². The summed E-state index contributed by atoms with van der Waals surface area (Å²) >= 11 is 1.56. The number of benzene rings is 1. The van der Waals surface area contributed by atoms with E-state index >= 15 is 0 Å². The Balaban J connectivity index is 1.45. The van der Waals surface area contributed by atoms with Gasteiger partial charge in [0.25, 0.3) is 0 Å². The van der Waals surface area contributed by atoms with Crippen LogP contribution in [0.15, 0.2) is 12.1 Å². The third-order valence-electron chi connectivity index (χ3n) is 6.66. The number of amides is 1. The van der Waals surface area contributed by atoms with E-state index < -0.39 is 0 Å². The molecule has 1 heterocycles. The molecular weight excluding hydrogens is 332 g/mol. The van der Waals surface area contributed by atoms with Crippen molar-refractivity contribution in [1.29, 1.82) is 0 Å². The van der Waals surface area contributed by atoms with Crippen LogP contribution in [0.3, 0.4) is 0 Å². The zero-order valence-electron chi connectivity index (χ0n) is 14.8. The van der Waals surface area contributed by atoms with Gasteiger partial charge in [-0.25, -0.2) is 4.98 Å². The molecule has 4 aliphatic carbocycles. The summed E-state index contributed by atoms with van der Waals surface area (Å²) in [6.45, 7) is 2.07. The van der Waals surface area contributed by atoms with Crippen LogP contribution in [0.1, 0.15) is 44.1 Å². The summed E-state index contributed by atoms with van der Waals surface area (Å²) in [5.41, 5.74) is 1.89. The van der Waals surface area contributed by atoms with Crippen LogP contribution in [0.4, 0.5) is 5.13 Å². The molecule has 0 atom stereocenters. The van der Waals surface area contributed by atoms with E-state index in [9.17, 15) is 4.79 Å². The van der Waals surface area contributed by atoms with E-state index in [4.69, 9.17) is 4.74 Å². The summed E-state index contributed by atoms with van der Waals surface area (Å²) in [5.74, 6) is 3.30. The molecule has 0 unspecified atom stereocenters. The number of hydrogen-bond donors (Lipinski definition) is 1. The van der Waals surface area contributed by atoms with E-state index in [0.29, 0.717) is 5.13 Å². The average Bonchev–Trinajstić information content (AvgIpc) is 2.98. The normalized spacial score (nSPS) is 33.0. The van der Waals surface area contributed by atoms with Crippen molar-refractivity contribution >= 4 is 32.6 Å². The standard InChI is InChI=1S/C20H24N2O2S/c1-11-3-4-15(24-2)16-17(11)25-19(21-16)22-18(23)20-8-12-5-13(9-20)7-14(6-12)10-20/h3-4,12-14H,5-10H2,1-2H3,(H,21,22,23). The van der Waals surface area contributed by atoms with Crippen molar-refractivity contribution in [3.05, 3.63) is 17.7 Å². The molecule has 0 aliphatic heterocycles. The minimum Gasteiger partial charge on any atom is -0.494 e. The highest BCUT2D eigenvalue weighted by Gasteiger charge is 2.54. The first-order valence-corrected chi connectivity index (χ1v) is 10.1. The number of methoxy groups -OCH3 is 1. The maximum Gasteiger partial charge on any atom is 0.232 e. The number of anilines is 1. The number of carbonyl (C=O) groups is 1. The number of rotatable bonds is 3. The topological polar surface area (TPSA) is 51.2 Å². The van der Waals surface area contributed by atoms with E-state index in [2.05, 4.69) is 17.2 Å². The Morgan fingerprint density at radius 3 is 2.44 bits per heavy atom. The van der Waals surface area contributed by atoms with Gasteiger partial charge in [0, 0.05) is 0 Å². The Morgan fingerprint density at radius 2 is 1.84 bits per heavy atom. The number of nitrogens with zero attached hydrogens (tertiary/aromatic N) is 1. The summed E-state index contributed by atoms with van der Waals surface area (Å²) in [6, 6.07) is 3.99. The van der Waals surface area contributed by atoms with Gasteiger partial charge in [0.05, 0.1) is 17.2 Å². The second-order valence-corrected chi connectivity index (χ2v) is 9.43. The van der Waals surface area contributed by atoms with Gasteiger partial charge in [0.1, 0.15) is 11.3 Å². The highest BCUT2D eigenvalue weighted by molar-refractivity contribution is 7.22. The van der Waals surface area contributed by atoms with E-state index in [1.54, 1.807) is 18.4 Å². The molecule has 4 nitrogen and oxygen atoms in total. The third kappa shape index (κ3) is 2.39. The minimum atomic E-state index is -0.133. The number of hydrogen-bond acceptors (Lipinski definition) is 4. The summed E-state index contributed by atoms with van der Waals surface area (Å²) < 4.78 is 6.53. The number of nitrogens with one attached hydrogen (secondary N) is 1. The lowest BCUT2D eigenvalue weighted by molar-refractivity contribution is -0.140. The maximum atomic E-state index is 13.2. The van der Waals surface area contributed by atoms with Crippen LogP contribution in [0.5, 0.6) is 5.75 Å². The Bertz CT molecular complexity index is 821. The summed E-state index contributed by atoms with van der Waals surface area (Å²) in [5, 5.41) is 3.89. The number of aryl methyl sites for hydroxylation is 1. The molecule has 1 aromatic carbocycles. The largest absolute Gasteiger partial charge is 0.494 e. The van der Waals surface area contributed by atoms with Gasteiger partial charge >= 0.3 is 0 Å². The van der Waals surface area contributed by atoms with Crippen molar-refractivity contribution in [3.8, 4) is 5.75 Å². The van der Waals surface area contributed by atoms with Gasteiger partial charge < -0.3 is 10.1 Å². The molecule has 1 amide bonds. The fraction of sp³-hybridized carbons (Fsp3) is 0.600. The molecular formula is C20H24N2O2S. The summed E-state index contributed by atoms with van der Waals surface area (Å²) in [6.07, 6.45) is 7.30. The Morgan fingerprint density at radius 1 is 1.20 bits per heavy atom. The minimum absolute atomic E-state index is 0.133. The predicted octanol–water partition coefficient (Wildman–Crippen LogP) is 4.77. The van der Waals surface area contributed by atoms with Crippen molar-refractivity contribution in [2.75, 3.05) is 12.4 Å². The Labute approximate surface area is 152 Å². The number of ether oxygens (including phenoxy) is 1. The van der Waals surface area contributed by atoms with Crippen LogP contribution < -0.4 is 10.1 Å². The highest BCUT2D eigenvalue weighted by Crippen LogP contribution is 2.60. The smallest absolute Gasteiger partial charge is 0.232 e. The second-order valence-electron chi connectivity index (χ2n) is 8.43. The molecule has 2 aromatic rings. The lowest BCUT2D eigenvalue weighted by Crippen LogP contribution is -2.51. The molecule has 0 spiro atoms. The second kappa shape index (κ2) is 5.44. The lowest BCUT2D eigenvalue weighted by Gasteiger charge is -2.55. The lowest BCUT2D eigenvalue weighted by atomic mass is 9.49. The van der Waals surface area contributed by atoms with Crippen LogP contribution in [-0.2, 0) is 4.79 Å². The fourth-order valence-electron chi connectivity index (χ4n) is 5.95. The molecule has 4 aliphatic rings. The van der Waals surface area contributed by atoms with E-state index in [0.717, 1.165) is 53.0 Å². The van der Waals surface area contributed by atoms with Gasteiger partial charge in [-0.15, -0.1) is 0 Å². The van der Waals surface area contributed by atoms with Gasteiger partial charge in [-0.05, 0) is 74.8 Å².